The van der Waals surface area contributed by atoms with E-state index in [2.05, 4.69) is 5.32 Å². The van der Waals surface area contributed by atoms with Crippen molar-refractivity contribution >= 4 is 11.6 Å². The lowest BCUT2D eigenvalue weighted by molar-refractivity contribution is 0.00575. The third-order valence-corrected chi connectivity index (χ3v) is 2.93. The maximum atomic E-state index is 10.1. The molecule has 2 N–H and O–H groups in total. The summed E-state index contributed by atoms with van der Waals surface area (Å²) in [5.41, 5.74) is -0.451. The van der Waals surface area contributed by atoms with Crippen molar-refractivity contribution in [3.8, 4) is 0 Å². The summed E-state index contributed by atoms with van der Waals surface area (Å²) in [6.07, 6.45) is 9.40. The molecule has 0 aromatic heterocycles. The molecule has 2 nitrogen and oxygen atoms in total. The number of hydrogen-bond acceptors (Lipinski definition) is 2. The van der Waals surface area contributed by atoms with Gasteiger partial charge in [0.15, 0.2) is 0 Å². The van der Waals surface area contributed by atoms with E-state index in [-0.39, 0.29) is 0 Å². The Morgan fingerprint density at radius 3 is 2.57 bits per heavy atom. The summed E-state index contributed by atoms with van der Waals surface area (Å²) in [7, 11) is 0. The zero-order valence-electron chi connectivity index (χ0n) is 8.64. The molecule has 14 heavy (non-hydrogen) atoms. The van der Waals surface area contributed by atoms with Crippen molar-refractivity contribution in [3.05, 3.63) is 12.2 Å². The Bertz CT molecular complexity index is 176. The molecule has 0 unspecified atom stereocenters. The number of alkyl halides is 1. The van der Waals surface area contributed by atoms with Crippen LogP contribution in [0.5, 0.6) is 0 Å². The van der Waals surface area contributed by atoms with Crippen LogP contribution in [0.25, 0.3) is 0 Å². The summed E-state index contributed by atoms with van der Waals surface area (Å²) in [6, 6.07) is 0. The smallest absolute Gasteiger partial charge is 0.0771 e. The quantitative estimate of drug-likeness (QED) is 0.420. The number of nitrogens with one attached hydrogen (secondary N) is 1. The molecule has 1 aliphatic carbocycles. The summed E-state index contributed by atoms with van der Waals surface area (Å²) in [4.78, 5) is 0. The highest BCUT2D eigenvalue weighted by Gasteiger charge is 2.28. The molecule has 0 amide bonds. The molecule has 0 saturated heterocycles. The first-order valence-electron chi connectivity index (χ1n) is 5.41. The van der Waals surface area contributed by atoms with E-state index in [1.54, 1.807) is 0 Å². The molecule has 1 rings (SSSR count). The molecule has 1 fully saturated rings. The normalized spacial score (nSPS) is 21.6. The fraction of sp³-hybridized carbons (Fsp3) is 0.818. The van der Waals surface area contributed by atoms with Crippen molar-refractivity contribution in [1.82, 2.24) is 5.32 Å². The van der Waals surface area contributed by atoms with Crippen LogP contribution in [-0.4, -0.2) is 29.7 Å². The Labute approximate surface area is 91.3 Å². The van der Waals surface area contributed by atoms with Gasteiger partial charge in [-0.05, 0) is 12.8 Å². The van der Waals surface area contributed by atoms with E-state index in [1.165, 1.54) is 6.42 Å². The highest BCUT2D eigenvalue weighted by atomic mass is 35.5. The van der Waals surface area contributed by atoms with E-state index in [9.17, 15) is 5.11 Å². The summed E-state index contributed by atoms with van der Waals surface area (Å²) in [6.45, 7) is 1.51. The Morgan fingerprint density at radius 2 is 1.93 bits per heavy atom. The number of rotatable bonds is 5. The molecule has 0 heterocycles. The van der Waals surface area contributed by atoms with Gasteiger partial charge >= 0.3 is 0 Å². The average molecular weight is 218 g/mol. The predicted octanol–water partition coefficient (Wildman–Crippen LogP) is 2.07. The molecule has 3 heteroatoms. The van der Waals surface area contributed by atoms with E-state index < -0.39 is 5.60 Å². The van der Waals surface area contributed by atoms with E-state index in [4.69, 9.17) is 11.6 Å². The van der Waals surface area contributed by atoms with Crippen molar-refractivity contribution in [2.24, 2.45) is 0 Å². The maximum Gasteiger partial charge on any atom is 0.0771 e. The van der Waals surface area contributed by atoms with E-state index in [0.717, 1.165) is 32.2 Å². The lowest BCUT2D eigenvalue weighted by Crippen LogP contribution is -2.42. The van der Waals surface area contributed by atoms with Gasteiger partial charge in [0.25, 0.3) is 0 Å². The summed E-state index contributed by atoms with van der Waals surface area (Å²) >= 11 is 5.49. The Kier molecular flexibility index (Phi) is 5.53. The monoisotopic (exact) mass is 217 g/mol. The van der Waals surface area contributed by atoms with Gasteiger partial charge in [-0.15, -0.1) is 11.6 Å². The van der Waals surface area contributed by atoms with E-state index >= 15 is 0 Å². The topological polar surface area (TPSA) is 32.3 Å². The van der Waals surface area contributed by atoms with Gasteiger partial charge in [-0.1, -0.05) is 31.4 Å². The van der Waals surface area contributed by atoms with Gasteiger partial charge < -0.3 is 10.4 Å². The third-order valence-electron chi connectivity index (χ3n) is 2.76. The molecular formula is C11H20ClNO. The lowest BCUT2D eigenvalue weighted by atomic mass is 9.85. The van der Waals surface area contributed by atoms with Crippen LogP contribution >= 0.6 is 11.6 Å². The van der Waals surface area contributed by atoms with E-state index in [0.29, 0.717) is 12.4 Å². The van der Waals surface area contributed by atoms with Crippen LogP contribution in [0.1, 0.15) is 32.1 Å². The molecule has 0 aromatic carbocycles. The van der Waals surface area contributed by atoms with Crippen LogP contribution in [0.2, 0.25) is 0 Å². The highest BCUT2D eigenvalue weighted by molar-refractivity contribution is 6.18. The standard InChI is InChI=1S/C11H20ClNO/c12-8-4-5-9-13-10-11(14)6-2-1-3-7-11/h4-5,13-14H,1-3,6-10H2/b5-4+. The number of halogens is 1. The second-order valence-electron chi connectivity index (χ2n) is 4.04. The minimum absolute atomic E-state index is 0.451. The van der Waals surface area contributed by atoms with Gasteiger partial charge in [0.2, 0.25) is 0 Å². The van der Waals surface area contributed by atoms with Gasteiger partial charge in [-0.3, -0.25) is 0 Å². The fourth-order valence-corrected chi connectivity index (χ4v) is 2.05. The lowest BCUT2D eigenvalue weighted by Gasteiger charge is -2.32. The molecule has 82 valence electrons. The first-order valence-corrected chi connectivity index (χ1v) is 5.94. The Morgan fingerprint density at radius 1 is 1.21 bits per heavy atom. The summed E-state index contributed by atoms with van der Waals surface area (Å²) < 4.78 is 0. The SMILES string of the molecule is OC1(CNC/C=C/CCl)CCCCC1. The minimum Gasteiger partial charge on any atom is -0.389 e. The Balaban J connectivity index is 2.12. The second kappa shape index (κ2) is 6.44. The molecule has 0 aromatic rings. The largest absolute Gasteiger partial charge is 0.389 e. The summed E-state index contributed by atoms with van der Waals surface area (Å²) in [5.74, 6) is 0.561. The van der Waals surface area contributed by atoms with Crippen molar-refractivity contribution in [2.45, 2.75) is 37.7 Å². The summed E-state index contributed by atoms with van der Waals surface area (Å²) in [5, 5.41) is 13.4. The highest BCUT2D eigenvalue weighted by Crippen LogP contribution is 2.27. The Hall–Kier alpha value is -0.0500. The van der Waals surface area contributed by atoms with E-state index in [1.807, 2.05) is 12.2 Å². The molecule has 0 spiro atoms. The number of allylic oxidation sites excluding steroid dienone is 1. The third kappa shape index (κ3) is 4.45. The molecule has 0 bridgehead atoms. The van der Waals surface area contributed by atoms with Crippen molar-refractivity contribution in [2.75, 3.05) is 19.0 Å². The minimum atomic E-state index is -0.451. The van der Waals surface area contributed by atoms with Gasteiger partial charge in [-0.25, -0.2) is 0 Å². The molecule has 0 aliphatic heterocycles. The van der Waals surface area contributed by atoms with Crippen LogP contribution in [0.3, 0.4) is 0 Å². The van der Waals surface area contributed by atoms with Crippen LogP contribution in [0.15, 0.2) is 12.2 Å². The number of hydrogen-bond donors (Lipinski definition) is 2. The molecule has 1 aliphatic rings. The van der Waals surface area contributed by atoms with Crippen molar-refractivity contribution < 1.29 is 5.11 Å². The first-order chi connectivity index (χ1) is 6.77. The number of aliphatic hydroxyl groups is 1. The average Bonchev–Trinajstić information content (AvgIpc) is 2.18. The van der Waals surface area contributed by atoms with Gasteiger partial charge in [0.1, 0.15) is 0 Å². The van der Waals surface area contributed by atoms with Gasteiger partial charge in [0.05, 0.1) is 5.60 Å². The zero-order valence-corrected chi connectivity index (χ0v) is 9.39. The maximum absolute atomic E-state index is 10.1. The predicted molar refractivity (Wildman–Crippen MR) is 60.8 cm³/mol. The van der Waals surface area contributed by atoms with Crippen LogP contribution in [0, 0.1) is 0 Å². The molecule has 0 radical (unpaired) electrons. The van der Waals surface area contributed by atoms with Crippen LogP contribution in [-0.2, 0) is 0 Å². The first kappa shape index (κ1) is 12.0. The van der Waals surface area contributed by atoms with Gasteiger partial charge in [0, 0.05) is 19.0 Å². The molecular weight excluding hydrogens is 198 g/mol. The second-order valence-corrected chi connectivity index (χ2v) is 4.35. The van der Waals surface area contributed by atoms with Crippen molar-refractivity contribution in [3.63, 3.8) is 0 Å². The van der Waals surface area contributed by atoms with Gasteiger partial charge in [-0.2, -0.15) is 0 Å². The fourth-order valence-electron chi connectivity index (χ4n) is 1.92. The van der Waals surface area contributed by atoms with Crippen molar-refractivity contribution in [1.29, 1.82) is 0 Å². The van der Waals surface area contributed by atoms with Crippen LogP contribution in [0.4, 0.5) is 0 Å². The zero-order chi connectivity index (χ0) is 10.3. The van der Waals surface area contributed by atoms with Crippen LogP contribution < -0.4 is 5.32 Å². The molecule has 1 saturated carbocycles. The molecule has 0 atom stereocenters.